The second kappa shape index (κ2) is 5.94. The third kappa shape index (κ3) is 3.27. The van der Waals surface area contributed by atoms with E-state index in [1.165, 1.54) is 18.2 Å². The molecular weight excluding hydrogens is 220 g/mol. The van der Waals surface area contributed by atoms with Crippen LogP contribution in [0, 0.1) is 0 Å². The fourth-order valence-electron chi connectivity index (χ4n) is 1.54. The highest BCUT2D eigenvalue weighted by atomic mass is 32.2. The lowest BCUT2D eigenvalue weighted by Crippen LogP contribution is -2.29. The van der Waals surface area contributed by atoms with Crippen LogP contribution in [0.25, 0.3) is 0 Å². The number of anilines is 2. The molecule has 1 aromatic heterocycles. The summed E-state index contributed by atoms with van der Waals surface area (Å²) in [6, 6.07) is 2.29. The summed E-state index contributed by atoms with van der Waals surface area (Å²) in [4.78, 5) is 10.8. The third-order valence-electron chi connectivity index (χ3n) is 2.62. The predicted molar refractivity (Wildman–Crippen MR) is 71.0 cm³/mol. The van der Waals surface area contributed by atoms with Crippen molar-refractivity contribution in [1.29, 1.82) is 0 Å². The van der Waals surface area contributed by atoms with Crippen LogP contribution in [0.5, 0.6) is 0 Å². The SMILES string of the molecule is CCCC(C)N(C)c1cc(N)nc(SC)n1. The Morgan fingerprint density at radius 3 is 2.75 bits per heavy atom. The minimum Gasteiger partial charge on any atom is -0.383 e. The maximum atomic E-state index is 5.76. The van der Waals surface area contributed by atoms with Crippen molar-refractivity contribution < 1.29 is 0 Å². The van der Waals surface area contributed by atoms with Gasteiger partial charge in [-0.25, -0.2) is 9.97 Å². The van der Waals surface area contributed by atoms with Gasteiger partial charge in [0.15, 0.2) is 5.16 Å². The van der Waals surface area contributed by atoms with Crippen molar-refractivity contribution in [1.82, 2.24) is 9.97 Å². The monoisotopic (exact) mass is 240 g/mol. The zero-order chi connectivity index (χ0) is 12.1. The molecule has 4 nitrogen and oxygen atoms in total. The van der Waals surface area contributed by atoms with E-state index in [1.807, 2.05) is 19.4 Å². The molecule has 90 valence electrons. The molecule has 0 aliphatic rings. The molecule has 1 atom stereocenters. The molecule has 5 heteroatoms. The fourth-order valence-corrected chi connectivity index (χ4v) is 1.92. The number of nitrogens with zero attached hydrogens (tertiary/aromatic N) is 3. The Morgan fingerprint density at radius 2 is 2.19 bits per heavy atom. The molecule has 0 aliphatic carbocycles. The van der Waals surface area contributed by atoms with Gasteiger partial charge < -0.3 is 10.6 Å². The minimum atomic E-state index is 0.467. The average Bonchev–Trinajstić information content (AvgIpc) is 2.27. The van der Waals surface area contributed by atoms with Crippen molar-refractivity contribution in [3.8, 4) is 0 Å². The topological polar surface area (TPSA) is 55.0 Å². The van der Waals surface area contributed by atoms with Crippen LogP contribution in [0.2, 0.25) is 0 Å². The summed E-state index contributed by atoms with van der Waals surface area (Å²) in [5.41, 5.74) is 5.76. The summed E-state index contributed by atoms with van der Waals surface area (Å²) in [5.74, 6) is 1.43. The van der Waals surface area contributed by atoms with E-state index in [4.69, 9.17) is 5.73 Å². The van der Waals surface area contributed by atoms with Crippen molar-refractivity contribution in [2.24, 2.45) is 0 Å². The molecule has 1 aromatic rings. The molecule has 1 unspecified atom stereocenters. The van der Waals surface area contributed by atoms with E-state index in [0.29, 0.717) is 11.9 Å². The van der Waals surface area contributed by atoms with Gasteiger partial charge in [0.1, 0.15) is 11.6 Å². The Balaban J connectivity index is 2.89. The molecule has 1 heterocycles. The number of hydrogen-bond acceptors (Lipinski definition) is 5. The summed E-state index contributed by atoms with van der Waals surface area (Å²) in [7, 11) is 2.05. The van der Waals surface area contributed by atoms with Gasteiger partial charge in [-0.1, -0.05) is 25.1 Å². The Kier molecular flexibility index (Phi) is 4.86. The molecule has 0 spiro atoms. The van der Waals surface area contributed by atoms with Crippen LogP contribution < -0.4 is 10.6 Å². The molecule has 0 saturated carbocycles. The first-order chi connectivity index (χ1) is 7.58. The summed E-state index contributed by atoms with van der Waals surface area (Å²) >= 11 is 1.51. The number of nitrogen functional groups attached to an aromatic ring is 1. The smallest absolute Gasteiger partial charge is 0.191 e. The lowest BCUT2D eigenvalue weighted by Gasteiger charge is -2.25. The van der Waals surface area contributed by atoms with Crippen molar-refractivity contribution in [2.75, 3.05) is 23.9 Å². The molecule has 1 rings (SSSR count). The van der Waals surface area contributed by atoms with Crippen molar-refractivity contribution >= 4 is 23.4 Å². The lowest BCUT2D eigenvalue weighted by molar-refractivity contribution is 0.608. The zero-order valence-electron chi connectivity index (χ0n) is 10.4. The number of thioether (sulfide) groups is 1. The van der Waals surface area contributed by atoms with Crippen LogP contribution in [-0.2, 0) is 0 Å². The first-order valence-electron chi connectivity index (χ1n) is 5.49. The minimum absolute atomic E-state index is 0.467. The van der Waals surface area contributed by atoms with E-state index in [-0.39, 0.29) is 0 Å². The second-order valence-electron chi connectivity index (χ2n) is 3.89. The summed E-state index contributed by atoms with van der Waals surface area (Å²) < 4.78 is 0. The molecule has 0 amide bonds. The molecule has 0 radical (unpaired) electrons. The van der Waals surface area contributed by atoms with E-state index in [1.54, 1.807) is 0 Å². The van der Waals surface area contributed by atoms with Gasteiger partial charge >= 0.3 is 0 Å². The second-order valence-corrected chi connectivity index (χ2v) is 4.66. The molecule has 0 fully saturated rings. The molecule has 0 aliphatic heterocycles. The molecule has 0 aromatic carbocycles. The van der Waals surface area contributed by atoms with E-state index < -0.39 is 0 Å². The van der Waals surface area contributed by atoms with Crippen molar-refractivity contribution in [3.63, 3.8) is 0 Å². The van der Waals surface area contributed by atoms with Crippen LogP contribution in [0.4, 0.5) is 11.6 Å². The fraction of sp³-hybridized carbons (Fsp3) is 0.636. The number of nitrogens with two attached hydrogens (primary N) is 1. The largest absolute Gasteiger partial charge is 0.383 e. The first-order valence-corrected chi connectivity index (χ1v) is 6.72. The Hall–Kier alpha value is -0.970. The Labute approximate surface area is 102 Å². The number of hydrogen-bond donors (Lipinski definition) is 1. The van der Waals surface area contributed by atoms with Crippen molar-refractivity contribution in [2.45, 2.75) is 37.9 Å². The summed E-state index contributed by atoms with van der Waals surface area (Å²) in [6.07, 6.45) is 4.27. The van der Waals surface area contributed by atoms with Gasteiger partial charge in [0.2, 0.25) is 0 Å². The lowest BCUT2D eigenvalue weighted by atomic mass is 10.2. The van der Waals surface area contributed by atoms with Crippen LogP contribution >= 0.6 is 11.8 Å². The quantitative estimate of drug-likeness (QED) is 0.632. The van der Waals surface area contributed by atoms with Gasteiger partial charge in [-0.05, 0) is 19.6 Å². The highest BCUT2D eigenvalue weighted by Gasteiger charge is 2.12. The first kappa shape index (κ1) is 13.1. The Bertz CT molecular complexity index is 343. The van der Waals surface area contributed by atoms with Gasteiger partial charge in [-0.15, -0.1) is 0 Å². The van der Waals surface area contributed by atoms with Crippen LogP contribution in [0.15, 0.2) is 11.2 Å². The standard InChI is InChI=1S/C11H20N4S/c1-5-6-8(2)15(3)10-7-9(12)13-11(14-10)16-4/h7-8H,5-6H2,1-4H3,(H2,12,13,14). The summed E-state index contributed by atoms with van der Waals surface area (Å²) in [5, 5.41) is 0.727. The number of aromatic nitrogens is 2. The molecule has 16 heavy (non-hydrogen) atoms. The van der Waals surface area contributed by atoms with E-state index in [0.717, 1.165) is 17.4 Å². The highest BCUT2D eigenvalue weighted by molar-refractivity contribution is 7.98. The molecule has 0 saturated heterocycles. The molecule has 2 N–H and O–H groups in total. The maximum Gasteiger partial charge on any atom is 0.191 e. The van der Waals surface area contributed by atoms with Gasteiger partial charge in [0.05, 0.1) is 0 Å². The van der Waals surface area contributed by atoms with Crippen LogP contribution in [-0.4, -0.2) is 29.3 Å². The van der Waals surface area contributed by atoms with Crippen molar-refractivity contribution in [3.05, 3.63) is 6.07 Å². The van der Waals surface area contributed by atoms with Gasteiger partial charge in [0, 0.05) is 19.2 Å². The average molecular weight is 240 g/mol. The maximum absolute atomic E-state index is 5.76. The normalized spacial score (nSPS) is 12.5. The van der Waals surface area contributed by atoms with E-state index in [2.05, 4.69) is 28.7 Å². The van der Waals surface area contributed by atoms with E-state index >= 15 is 0 Å². The Morgan fingerprint density at radius 1 is 1.50 bits per heavy atom. The number of rotatable bonds is 5. The highest BCUT2D eigenvalue weighted by Crippen LogP contribution is 2.20. The zero-order valence-corrected chi connectivity index (χ0v) is 11.2. The third-order valence-corrected chi connectivity index (χ3v) is 3.17. The summed E-state index contributed by atoms with van der Waals surface area (Å²) in [6.45, 7) is 4.38. The van der Waals surface area contributed by atoms with Gasteiger partial charge in [0.25, 0.3) is 0 Å². The van der Waals surface area contributed by atoms with Gasteiger partial charge in [-0.3, -0.25) is 0 Å². The molecule has 0 bridgehead atoms. The van der Waals surface area contributed by atoms with Crippen LogP contribution in [0.1, 0.15) is 26.7 Å². The van der Waals surface area contributed by atoms with Gasteiger partial charge in [-0.2, -0.15) is 0 Å². The molecular formula is C11H20N4S. The van der Waals surface area contributed by atoms with Crippen LogP contribution in [0.3, 0.4) is 0 Å². The van der Waals surface area contributed by atoms with E-state index in [9.17, 15) is 0 Å². The predicted octanol–water partition coefficient (Wildman–Crippen LogP) is 2.41.